The van der Waals surface area contributed by atoms with Gasteiger partial charge in [0.1, 0.15) is 0 Å². The summed E-state index contributed by atoms with van der Waals surface area (Å²) in [6, 6.07) is 7.88. The smallest absolute Gasteiger partial charge is 0.323 e. The zero-order chi connectivity index (χ0) is 16.0. The molecule has 112 valence electrons. The van der Waals surface area contributed by atoms with Crippen molar-refractivity contribution in [2.75, 3.05) is 0 Å². The average molecular weight is 308 g/mol. The molecular weight excluding hydrogens is 300 g/mol. The Labute approximate surface area is 128 Å². The number of rotatable bonds is 2. The van der Waals surface area contributed by atoms with Crippen molar-refractivity contribution >= 4 is 23.6 Å². The van der Waals surface area contributed by atoms with E-state index in [0.717, 1.165) is 0 Å². The van der Waals surface area contributed by atoms with Gasteiger partial charge in [-0.2, -0.15) is 0 Å². The van der Waals surface area contributed by atoms with E-state index in [1.54, 1.807) is 24.4 Å². The second-order valence-electron chi connectivity index (χ2n) is 4.76. The van der Waals surface area contributed by atoms with E-state index in [1.807, 2.05) is 0 Å². The maximum Gasteiger partial charge on any atom is 0.382 e. The number of nitrogens with zero attached hydrogens (tertiary/aromatic N) is 4. The molecule has 23 heavy (non-hydrogen) atoms. The topological polar surface area (TPSA) is 93.9 Å². The molecule has 3 heterocycles. The Balaban J connectivity index is 1.65. The van der Waals surface area contributed by atoms with Crippen LogP contribution >= 0.6 is 0 Å². The molecule has 0 bridgehead atoms. The summed E-state index contributed by atoms with van der Waals surface area (Å²) in [6.45, 7) is 0. The van der Waals surface area contributed by atoms with Gasteiger partial charge >= 0.3 is 5.97 Å². The summed E-state index contributed by atoms with van der Waals surface area (Å²) >= 11 is 0. The molecule has 1 aromatic carbocycles. The first-order chi connectivity index (χ1) is 11.2. The van der Waals surface area contributed by atoms with Crippen molar-refractivity contribution in [3.8, 4) is 0 Å². The monoisotopic (exact) mass is 308 g/mol. The normalized spacial score (nSPS) is 13.5. The second kappa shape index (κ2) is 4.73. The van der Waals surface area contributed by atoms with Crippen molar-refractivity contribution in [1.29, 1.82) is 0 Å². The van der Waals surface area contributed by atoms with E-state index in [9.17, 15) is 14.4 Å². The third-order valence-electron chi connectivity index (χ3n) is 3.43. The van der Waals surface area contributed by atoms with Crippen LogP contribution < -0.4 is 0 Å². The minimum atomic E-state index is -0.875. The molecule has 2 aromatic heterocycles. The molecule has 8 heteroatoms. The molecule has 0 aliphatic carbocycles. The van der Waals surface area contributed by atoms with Crippen molar-refractivity contribution < 1.29 is 19.2 Å². The van der Waals surface area contributed by atoms with E-state index in [0.29, 0.717) is 10.8 Å². The molecule has 0 atom stereocenters. The largest absolute Gasteiger partial charge is 0.382 e. The predicted octanol–water partition coefficient (Wildman–Crippen LogP) is 1.10. The lowest BCUT2D eigenvalue weighted by Gasteiger charge is -2.12. The van der Waals surface area contributed by atoms with Crippen molar-refractivity contribution in [3.05, 3.63) is 65.7 Å². The number of benzene rings is 1. The van der Waals surface area contributed by atoms with Gasteiger partial charge in [-0.25, -0.2) is 14.8 Å². The van der Waals surface area contributed by atoms with E-state index in [2.05, 4.69) is 9.97 Å². The van der Waals surface area contributed by atoms with Crippen LogP contribution in [0.3, 0.4) is 0 Å². The molecule has 8 nitrogen and oxygen atoms in total. The van der Waals surface area contributed by atoms with Gasteiger partial charge in [-0.05, 0) is 18.2 Å². The highest BCUT2D eigenvalue weighted by Gasteiger charge is 2.39. The fraction of sp³-hybridized carbons (Fsp3) is 0. The fourth-order valence-corrected chi connectivity index (χ4v) is 2.36. The Morgan fingerprint density at radius 3 is 2.39 bits per heavy atom. The van der Waals surface area contributed by atoms with Gasteiger partial charge in [-0.3, -0.25) is 14.0 Å². The van der Waals surface area contributed by atoms with Gasteiger partial charge in [0.2, 0.25) is 5.78 Å². The van der Waals surface area contributed by atoms with E-state index < -0.39 is 17.8 Å². The van der Waals surface area contributed by atoms with Crippen LogP contribution in [0.25, 0.3) is 5.78 Å². The first kappa shape index (κ1) is 13.1. The molecule has 0 unspecified atom stereocenters. The third-order valence-corrected chi connectivity index (χ3v) is 3.43. The first-order valence-electron chi connectivity index (χ1n) is 6.65. The van der Waals surface area contributed by atoms with Crippen LogP contribution in [0, 0.1) is 0 Å². The highest BCUT2D eigenvalue weighted by atomic mass is 16.7. The summed E-state index contributed by atoms with van der Waals surface area (Å²) in [4.78, 5) is 49.5. The Kier molecular flexibility index (Phi) is 2.70. The molecule has 3 aromatic rings. The summed E-state index contributed by atoms with van der Waals surface area (Å²) in [6.07, 6.45) is 4.37. The van der Waals surface area contributed by atoms with Crippen molar-refractivity contribution in [3.63, 3.8) is 0 Å². The molecule has 0 radical (unpaired) electrons. The number of imidazole rings is 1. The summed E-state index contributed by atoms with van der Waals surface area (Å²) in [7, 11) is 0. The van der Waals surface area contributed by atoms with E-state index in [1.165, 1.54) is 28.9 Å². The van der Waals surface area contributed by atoms with Crippen molar-refractivity contribution in [2.45, 2.75) is 0 Å². The maximum atomic E-state index is 12.3. The Morgan fingerprint density at radius 1 is 1.00 bits per heavy atom. The highest BCUT2D eigenvalue weighted by molar-refractivity contribution is 6.21. The second-order valence-corrected chi connectivity index (χ2v) is 4.76. The van der Waals surface area contributed by atoms with Crippen LogP contribution in [-0.4, -0.2) is 37.2 Å². The molecule has 0 saturated heterocycles. The number of hydrogen-bond donors (Lipinski definition) is 0. The minimum Gasteiger partial charge on any atom is -0.323 e. The zero-order valence-corrected chi connectivity index (χ0v) is 11.5. The number of imide groups is 1. The molecule has 0 N–H and O–H groups in total. The van der Waals surface area contributed by atoms with Gasteiger partial charge in [0, 0.05) is 12.4 Å². The Hall–Kier alpha value is -3.55. The van der Waals surface area contributed by atoms with Crippen molar-refractivity contribution in [2.24, 2.45) is 0 Å². The molecule has 1 aliphatic heterocycles. The first-order valence-corrected chi connectivity index (χ1v) is 6.65. The quantitative estimate of drug-likeness (QED) is 0.658. The maximum absolute atomic E-state index is 12.3. The molecule has 0 saturated carbocycles. The van der Waals surface area contributed by atoms with Gasteiger partial charge < -0.3 is 4.84 Å². The van der Waals surface area contributed by atoms with Crippen LogP contribution in [0.4, 0.5) is 0 Å². The number of hydroxylamine groups is 2. The SMILES string of the molecule is O=C(ON1C(=O)c2ccccc2C1=O)c1cnc2ncccn12. The van der Waals surface area contributed by atoms with Crippen LogP contribution in [0.5, 0.6) is 0 Å². The highest BCUT2D eigenvalue weighted by Crippen LogP contribution is 2.23. The molecule has 0 spiro atoms. The van der Waals surface area contributed by atoms with Crippen LogP contribution in [0.1, 0.15) is 31.2 Å². The third kappa shape index (κ3) is 1.89. The van der Waals surface area contributed by atoms with Gasteiger partial charge in [-0.15, -0.1) is 0 Å². The summed E-state index contributed by atoms with van der Waals surface area (Å²) < 4.78 is 1.40. The Morgan fingerprint density at radius 2 is 1.70 bits per heavy atom. The number of carbonyl (C=O) groups is 3. The Bertz CT molecular complexity index is 943. The molecule has 1 aliphatic rings. The van der Waals surface area contributed by atoms with Gasteiger partial charge in [0.25, 0.3) is 11.8 Å². The lowest BCUT2D eigenvalue weighted by atomic mass is 10.1. The summed E-state index contributed by atoms with van der Waals surface area (Å²) in [5, 5.41) is 0.461. The lowest BCUT2D eigenvalue weighted by Crippen LogP contribution is -2.33. The molecule has 0 fully saturated rings. The lowest BCUT2D eigenvalue weighted by molar-refractivity contribution is -0.0589. The van der Waals surface area contributed by atoms with E-state index in [4.69, 9.17) is 4.84 Å². The number of amides is 2. The average Bonchev–Trinajstić information content (AvgIpc) is 3.11. The van der Waals surface area contributed by atoms with Gasteiger partial charge in [0.05, 0.1) is 17.3 Å². The number of fused-ring (bicyclic) bond motifs is 2. The van der Waals surface area contributed by atoms with Crippen LogP contribution in [0.2, 0.25) is 0 Å². The zero-order valence-electron chi connectivity index (χ0n) is 11.5. The van der Waals surface area contributed by atoms with Gasteiger partial charge in [-0.1, -0.05) is 17.2 Å². The van der Waals surface area contributed by atoms with Gasteiger partial charge in [0.15, 0.2) is 5.69 Å². The number of aromatic nitrogens is 3. The predicted molar refractivity (Wildman–Crippen MR) is 75.3 cm³/mol. The van der Waals surface area contributed by atoms with E-state index >= 15 is 0 Å². The van der Waals surface area contributed by atoms with Crippen molar-refractivity contribution in [1.82, 2.24) is 19.4 Å². The van der Waals surface area contributed by atoms with Crippen LogP contribution in [0.15, 0.2) is 48.9 Å². The van der Waals surface area contributed by atoms with E-state index in [-0.39, 0.29) is 16.8 Å². The summed E-state index contributed by atoms with van der Waals surface area (Å²) in [5.74, 6) is -1.92. The molecular formula is C15H8N4O4. The van der Waals surface area contributed by atoms with Crippen LogP contribution in [-0.2, 0) is 4.84 Å². The number of carbonyl (C=O) groups excluding carboxylic acids is 3. The molecule has 4 rings (SSSR count). The summed E-state index contributed by atoms with van der Waals surface area (Å²) in [5.41, 5.74) is 0.458. The molecule has 2 amide bonds. The minimum absolute atomic E-state index is 0.0599. The fourth-order valence-electron chi connectivity index (χ4n) is 2.36. The number of hydrogen-bond acceptors (Lipinski definition) is 6. The standard InChI is InChI=1S/C15H8N4O4/c20-12-9-4-1-2-5-10(9)13(21)19(12)23-14(22)11-8-17-15-16-6-3-7-18(11)15/h1-8H.